The van der Waals surface area contributed by atoms with Crippen LogP contribution in [0.5, 0.6) is 11.5 Å². The van der Waals surface area contributed by atoms with Crippen LogP contribution in [0.3, 0.4) is 0 Å². The Bertz CT molecular complexity index is 1270. The van der Waals surface area contributed by atoms with Gasteiger partial charge in [-0.2, -0.15) is 0 Å². The number of carbonyl (C=O) groups excluding carboxylic acids is 1. The lowest BCUT2D eigenvalue weighted by Crippen LogP contribution is -2.22. The maximum atomic E-state index is 12.9. The highest BCUT2D eigenvalue weighted by molar-refractivity contribution is 8.00. The molecule has 0 aliphatic heterocycles. The molecule has 1 atom stereocenters. The largest absolute Gasteiger partial charge is 0.497 e. The minimum atomic E-state index is -0.409. The second-order valence-electron chi connectivity index (χ2n) is 7.66. The third kappa shape index (κ3) is 5.07. The highest BCUT2D eigenvalue weighted by atomic mass is 32.2. The van der Waals surface area contributed by atoms with E-state index in [9.17, 15) is 4.79 Å². The number of anilines is 1. The number of thioether (sulfide) groups is 1. The van der Waals surface area contributed by atoms with Crippen molar-refractivity contribution in [3.05, 3.63) is 78.4 Å². The molecule has 1 heterocycles. The van der Waals surface area contributed by atoms with Gasteiger partial charge in [-0.1, -0.05) is 41.6 Å². The SMILES string of the molecule is COc1ccc(-n2c(SC(C)C(=O)Nc3ccc(C)cc3)nnc2-c2ccccc2OC)cc1. The number of ether oxygens (including phenoxy) is 2. The quantitative estimate of drug-likeness (QED) is 0.346. The van der Waals surface area contributed by atoms with Crippen LogP contribution in [0.4, 0.5) is 5.69 Å². The number of carbonyl (C=O) groups is 1. The minimum Gasteiger partial charge on any atom is -0.497 e. The van der Waals surface area contributed by atoms with Crippen LogP contribution < -0.4 is 14.8 Å². The first-order chi connectivity index (χ1) is 16.5. The van der Waals surface area contributed by atoms with Crippen LogP contribution in [-0.4, -0.2) is 40.1 Å². The summed E-state index contributed by atoms with van der Waals surface area (Å²) < 4.78 is 12.8. The van der Waals surface area contributed by atoms with E-state index in [0.717, 1.165) is 28.3 Å². The number of para-hydroxylation sites is 1. The molecule has 1 N–H and O–H groups in total. The molecular weight excluding hydrogens is 448 g/mol. The Hall–Kier alpha value is -3.78. The highest BCUT2D eigenvalue weighted by Gasteiger charge is 2.23. The van der Waals surface area contributed by atoms with Gasteiger partial charge in [0.15, 0.2) is 11.0 Å². The molecule has 0 fully saturated rings. The molecule has 1 unspecified atom stereocenters. The van der Waals surface area contributed by atoms with Crippen molar-refractivity contribution in [3.8, 4) is 28.6 Å². The van der Waals surface area contributed by atoms with Crippen molar-refractivity contribution in [3.63, 3.8) is 0 Å². The molecule has 0 spiro atoms. The molecule has 1 aromatic heterocycles. The maximum Gasteiger partial charge on any atom is 0.237 e. The second kappa shape index (κ2) is 10.4. The molecule has 34 heavy (non-hydrogen) atoms. The van der Waals surface area contributed by atoms with Gasteiger partial charge in [0.25, 0.3) is 0 Å². The van der Waals surface area contributed by atoms with Crippen molar-refractivity contribution in [2.24, 2.45) is 0 Å². The predicted molar refractivity (Wildman–Crippen MR) is 135 cm³/mol. The number of hydrogen-bond acceptors (Lipinski definition) is 6. The Balaban J connectivity index is 1.68. The number of aromatic nitrogens is 3. The first-order valence-corrected chi connectivity index (χ1v) is 11.7. The number of aryl methyl sites for hydroxylation is 1. The number of nitrogens with zero attached hydrogens (tertiary/aromatic N) is 3. The maximum absolute atomic E-state index is 12.9. The van der Waals surface area contributed by atoms with E-state index in [1.807, 2.05) is 91.2 Å². The lowest BCUT2D eigenvalue weighted by atomic mass is 10.2. The summed E-state index contributed by atoms with van der Waals surface area (Å²) in [5, 5.41) is 12.1. The first-order valence-electron chi connectivity index (χ1n) is 10.8. The van der Waals surface area contributed by atoms with Gasteiger partial charge in [0.2, 0.25) is 5.91 Å². The second-order valence-corrected chi connectivity index (χ2v) is 8.96. The normalized spacial score (nSPS) is 11.6. The first kappa shape index (κ1) is 23.4. The molecule has 4 rings (SSSR count). The summed E-state index contributed by atoms with van der Waals surface area (Å²) in [6.45, 7) is 3.86. The summed E-state index contributed by atoms with van der Waals surface area (Å²) in [6.07, 6.45) is 0. The summed E-state index contributed by atoms with van der Waals surface area (Å²) in [7, 11) is 3.25. The zero-order valence-electron chi connectivity index (χ0n) is 19.5. The van der Waals surface area contributed by atoms with Gasteiger partial charge in [0.1, 0.15) is 11.5 Å². The molecule has 0 bridgehead atoms. The molecule has 3 aromatic carbocycles. The van der Waals surface area contributed by atoms with Crippen molar-refractivity contribution in [1.29, 1.82) is 0 Å². The highest BCUT2D eigenvalue weighted by Crippen LogP contribution is 2.35. The fourth-order valence-corrected chi connectivity index (χ4v) is 4.27. The Labute approximate surface area is 203 Å². The number of amides is 1. The van der Waals surface area contributed by atoms with Gasteiger partial charge < -0.3 is 14.8 Å². The standard InChI is InChI=1S/C26H26N4O3S/c1-17-9-11-19(12-10-17)27-25(31)18(2)34-26-29-28-24(22-7-5-6-8-23(22)33-4)30(26)20-13-15-21(32-3)16-14-20/h5-16,18H,1-4H3,(H,27,31). The lowest BCUT2D eigenvalue weighted by molar-refractivity contribution is -0.115. The zero-order chi connectivity index (χ0) is 24.1. The Kier molecular flexibility index (Phi) is 7.18. The van der Waals surface area contributed by atoms with E-state index in [4.69, 9.17) is 9.47 Å². The average Bonchev–Trinajstić information content (AvgIpc) is 3.28. The van der Waals surface area contributed by atoms with Crippen LogP contribution in [0.25, 0.3) is 17.1 Å². The van der Waals surface area contributed by atoms with Crippen LogP contribution in [-0.2, 0) is 4.79 Å². The van der Waals surface area contributed by atoms with E-state index in [1.54, 1.807) is 14.2 Å². The predicted octanol–water partition coefficient (Wildman–Crippen LogP) is 5.38. The van der Waals surface area contributed by atoms with E-state index in [-0.39, 0.29) is 5.91 Å². The average molecular weight is 475 g/mol. The summed E-state index contributed by atoms with van der Waals surface area (Å²) >= 11 is 1.34. The van der Waals surface area contributed by atoms with E-state index in [0.29, 0.717) is 16.7 Å². The van der Waals surface area contributed by atoms with E-state index in [1.165, 1.54) is 11.8 Å². The minimum absolute atomic E-state index is 0.114. The molecule has 8 heteroatoms. The van der Waals surface area contributed by atoms with Crippen molar-refractivity contribution in [1.82, 2.24) is 14.8 Å². The van der Waals surface area contributed by atoms with E-state index < -0.39 is 5.25 Å². The van der Waals surface area contributed by atoms with Gasteiger partial charge >= 0.3 is 0 Å². The zero-order valence-corrected chi connectivity index (χ0v) is 20.3. The monoisotopic (exact) mass is 474 g/mol. The molecule has 0 aliphatic rings. The number of nitrogens with one attached hydrogen (secondary N) is 1. The molecule has 1 amide bonds. The van der Waals surface area contributed by atoms with Crippen LogP contribution in [0.15, 0.2) is 78.0 Å². The summed E-state index contributed by atoms with van der Waals surface area (Å²) in [6, 6.07) is 23.0. The van der Waals surface area contributed by atoms with Gasteiger partial charge in [0.05, 0.1) is 30.7 Å². The van der Waals surface area contributed by atoms with Gasteiger partial charge in [-0.15, -0.1) is 10.2 Å². The molecule has 7 nitrogen and oxygen atoms in total. The molecule has 4 aromatic rings. The number of hydrogen-bond donors (Lipinski definition) is 1. The summed E-state index contributed by atoms with van der Waals surface area (Å²) in [5.74, 6) is 1.94. The van der Waals surface area contributed by atoms with Gasteiger partial charge in [-0.25, -0.2) is 0 Å². The van der Waals surface area contributed by atoms with Crippen LogP contribution in [0.1, 0.15) is 12.5 Å². The molecule has 0 aliphatic carbocycles. The van der Waals surface area contributed by atoms with Crippen LogP contribution >= 0.6 is 11.8 Å². The summed E-state index contributed by atoms with van der Waals surface area (Å²) in [5.41, 5.74) is 3.54. The molecule has 0 saturated heterocycles. The van der Waals surface area contributed by atoms with Crippen LogP contribution in [0, 0.1) is 6.92 Å². The van der Waals surface area contributed by atoms with Gasteiger partial charge in [-0.3, -0.25) is 9.36 Å². The molecule has 0 saturated carbocycles. The fraction of sp³-hybridized carbons (Fsp3) is 0.192. The molecule has 0 radical (unpaired) electrons. The van der Waals surface area contributed by atoms with Crippen LogP contribution in [0.2, 0.25) is 0 Å². The number of methoxy groups -OCH3 is 2. The van der Waals surface area contributed by atoms with Crippen molar-refractivity contribution < 1.29 is 14.3 Å². The smallest absolute Gasteiger partial charge is 0.237 e. The lowest BCUT2D eigenvalue weighted by Gasteiger charge is -2.15. The number of benzene rings is 3. The Morgan fingerprint density at radius 1 is 0.941 bits per heavy atom. The van der Waals surface area contributed by atoms with E-state index in [2.05, 4.69) is 15.5 Å². The summed E-state index contributed by atoms with van der Waals surface area (Å²) in [4.78, 5) is 12.9. The van der Waals surface area contributed by atoms with Crippen molar-refractivity contribution in [2.75, 3.05) is 19.5 Å². The van der Waals surface area contributed by atoms with Gasteiger partial charge in [-0.05, 0) is 62.4 Å². The fourth-order valence-electron chi connectivity index (χ4n) is 3.41. The molecular formula is C26H26N4O3S. The molecule has 174 valence electrons. The topological polar surface area (TPSA) is 78.3 Å². The van der Waals surface area contributed by atoms with E-state index >= 15 is 0 Å². The Morgan fingerprint density at radius 2 is 1.65 bits per heavy atom. The van der Waals surface area contributed by atoms with Gasteiger partial charge in [0, 0.05) is 5.69 Å². The number of rotatable bonds is 8. The van der Waals surface area contributed by atoms with Crippen molar-refractivity contribution >= 4 is 23.4 Å². The third-order valence-corrected chi connectivity index (χ3v) is 6.33. The Morgan fingerprint density at radius 3 is 2.32 bits per heavy atom. The van der Waals surface area contributed by atoms with Crippen molar-refractivity contribution in [2.45, 2.75) is 24.3 Å². The third-order valence-electron chi connectivity index (χ3n) is 5.28.